The molecule has 2 aliphatic carbocycles. The van der Waals surface area contributed by atoms with Crippen molar-refractivity contribution in [3.8, 4) is 0 Å². The van der Waals surface area contributed by atoms with Gasteiger partial charge in [0.05, 0.1) is 0 Å². The van der Waals surface area contributed by atoms with Crippen molar-refractivity contribution in [2.45, 2.75) is 90.4 Å². The molecule has 0 bridgehead atoms. The molecule has 0 saturated heterocycles. The van der Waals surface area contributed by atoms with E-state index in [1.54, 1.807) is 0 Å². The van der Waals surface area contributed by atoms with Gasteiger partial charge in [-0.25, -0.2) is 4.79 Å². The largest absolute Gasteiger partial charge is 0.444 e. The Labute approximate surface area is 129 Å². The van der Waals surface area contributed by atoms with Crippen LogP contribution in [0.1, 0.15) is 66.7 Å². The van der Waals surface area contributed by atoms with E-state index in [0.29, 0.717) is 12.1 Å². The number of amides is 1. The molecule has 2 aliphatic rings. The second-order valence-electron chi connectivity index (χ2n) is 8.13. The van der Waals surface area contributed by atoms with E-state index >= 15 is 0 Å². The fourth-order valence-electron chi connectivity index (χ4n) is 3.44. The fourth-order valence-corrected chi connectivity index (χ4v) is 3.44. The standard InChI is InChI=1S/C17H32N2O2/c1-11(2)12-9-13(10-12)18-14-7-6-8-15(14)19-16(20)21-17(3,4)5/h11-15,18H,6-10H2,1-5H3,(H,19,20). The van der Waals surface area contributed by atoms with Crippen molar-refractivity contribution in [3.63, 3.8) is 0 Å². The number of carbonyl (C=O) groups excluding carboxylic acids is 1. The summed E-state index contributed by atoms with van der Waals surface area (Å²) in [5.74, 6) is 1.67. The van der Waals surface area contributed by atoms with Gasteiger partial charge < -0.3 is 15.4 Å². The van der Waals surface area contributed by atoms with Gasteiger partial charge >= 0.3 is 6.09 Å². The number of carbonyl (C=O) groups is 1. The summed E-state index contributed by atoms with van der Waals surface area (Å²) in [4.78, 5) is 11.9. The summed E-state index contributed by atoms with van der Waals surface area (Å²) in [5, 5.41) is 6.80. The first kappa shape index (κ1) is 16.6. The highest BCUT2D eigenvalue weighted by Crippen LogP contribution is 2.35. The first-order valence-electron chi connectivity index (χ1n) is 8.50. The van der Waals surface area contributed by atoms with Crippen LogP contribution in [0, 0.1) is 11.8 Å². The Hall–Kier alpha value is -0.770. The summed E-state index contributed by atoms with van der Waals surface area (Å²) >= 11 is 0. The molecule has 0 radical (unpaired) electrons. The molecule has 0 aromatic heterocycles. The lowest BCUT2D eigenvalue weighted by Crippen LogP contribution is -2.54. The molecule has 0 heterocycles. The van der Waals surface area contributed by atoms with E-state index < -0.39 is 5.60 Å². The van der Waals surface area contributed by atoms with Crippen LogP contribution in [0.4, 0.5) is 4.79 Å². The molecular weight excluding hydrogens is 264 g/mol. The zero-order valence-corrected chi connectivity index (χ0v) is 14.2. The van der Waals surface area contributed by atoms with Gasteiger partial charge in [-0.2, -0.15) is 0 Å². The van der Waals surface area contributed by atoms with E-state index in [-0.39, 0.29) is 12.1 Å². The first-order valence-corrected chi connectivity index (χ1v) is 8.50. The third kappa shape index (κ3) is 4.87. The van der Waals surface area contributed by atoms with Crippen molar-refractivity contribution in [3.05, 3.63) is 0 Å². The van der Waals surface area contributed by atoms with Crippen LogP contribution in [0.3, 0.4) is 0 Å². The zero-order chi connectivity index (χ0) is 15.6. The minimum absolute atomic E-state index is 0.220. The van der Waals surface area contributed by atoms with Gasteiger partial charge in [-0.05, 0) is 64.7 Å². The summed E-state index contributed by atoms with van der Waals surface area (Å²) in [6, 6.07) is 1.28. The molecule has 2 rings (SSSR count). The Kier molecular flexibility index (Phi) is 5.18. The number of nitrogens with one attached hydrogen (secondary N) is 2. The van der Waals surface area contributed by atoms with Crippen molar-refractivity contribution in [1.82, 2.24) is 10.6 Å². The second-order valence-corrected chi connectivity index (χ2v) is 8.13. The minimum atomic E-state index is -0.427. The van der Waals surface area contributed by atoms with Crippen molar-refractivity contribution >= 4 is 6.09 Å². The highest BCUT2D eigenvalue weighted by molar-refractivity contribution is 5.68. The molecule has 4 heteroatoms. The quantitative estimate of drug-likeness (QED) is 0.835. The number of hydrogen-bond donors (Lipinski definition) is 2. The predicted molar refractivity (Wildman–Crippen MR) is 85.3 cm³/mol. The summed E-state index contributed by atoms with van der Waals surface area (Å²) in [5.41, 5.74) is -0.427. The van der Waals surface area contributed by atoms with Crippen LogP contribution in [0.15, 0.2) is 0 Å². The second kappa shape index (κ2) is 6.55. The summed E-state index contributed by atoms with van der Waals surface area (Å²) < 4.78 is 5.36. The molecule has 21 heavy (non-hydrogen) atoms. The lowest BCUT2D eigenvalue weighted by atomic mass is 9.73. The van der Waals surface area contributed by atoms with Gasteiger partial charge in [0, 0.05) is 18.1 Å². The monoisotopic (exact) mass is 296 g/mol. The highest BCUT2D eigenvalue weighted by atomic mass is 16.6. The van der Waals surface area contributed by atoms with Crippen LogP contribution in [0.2, 0.25) is 0 Å². The maximum atomic E-state index is 11.9. The Balaban J connectivity index is 1.75. The number of hydrogen-bond acceptors (Lipinski definition) is 3. The van der Waals surface area contributed by atoms with Crippen LogP contribution < -0.4 is 10.6 Å². The van der Waals surface area contributed by atoms with Crippen LogP contribution in [0.25, 0.3) is 0 Å². The normalized spacial score (nSPS) is 32.9. The summed E-state index contributed by atoms with van der Waals surface area (Å²) in [6.07, 6.45) is 5.68. The Morgan fingerprint density at radius 2 is 1.76 bits per heavy atom. The van der Waals surface area contributed by atoms with E-state index in [0.717, 1.165) is 24.7 Å². The molecule has 0 spiro atoms. The molecular formula is C17H32N2O2. The third-order valence-corrected chi connectivity index (χ3v) is 4.79. The van der Waals surface area contributed by atoms with Crippen molar-refractivity contribution in [2.24, 2.45) is 11.8 Å². The van der Waals surface area contributed by atoms with Gasteiger partial charge in [-0.15, -0.1) is 0 Å². The maximum Gasteiger partial charge on any atom is 0.407 e. The lowest BCUT2D eigenvalue weighted by Gasteiger charge is -2.41. The third-order valence-electron chi connectivity index (χ3n) is 4.79. The molecule has 2 atom stereocenters. The maximum absolute atomic E-state index is 11.9. The van der Waals surface area contributed by atoms with Gasteiger partial charge in [-0.3, -0.25) is 0 Å². The fraction of sp³-hybridized carbons (Fsp3) is 0.941. The van der Waals surface area contributed by atoms with Crippen molar-refractivity contribution < 1.29 is 9.53 Å². The van der Waals surface area contributed by atoms with Gasteiger partial charge in [0.25, 0.3) is 0 Å². The molecule has 0 aliphatic heterocycles. The Morgan fingerprint density at radius 1 is 1.14 bits per heavy atom. The van der Waals surface area contributed by atoms with Crippen LogP contribution in [0.5, 0.6) is 0 Å². The molecule has 2 fully saturated rings. The molecule has 2 unspecified atom stereocenters. The number of alkyl carbamates (subject to hydrolysis) is 1. The smallest absolute Gasteiger partial charge is 0.407 e. The molecule has 1 amide bonds. The van der Waals surface area contributed by atoms with Crippen LogP contribution >= 0.6 is 0 Å². The average Bonchev–Trinajstić information content (AvgIpc) is 2.66. The molecule has 4 nitrogen and oxygen atoms in total. The predicted octanol–water partition coefficient (Wildman–Crippen LogP) is 3.46. The molecule has 0 aromatic carbocycles. The van der Waals surface area contributed by atoms with E-state index in [4.69, 9.17) is 4.74 Å². The lowest BCUT2D eigenvalue weighted by molar-refractivity contribution is 0.0492. The van der Waals surface area contributed by atoms with Gasteiger partial charge in [0.2, 0.25) is 0 Å². The van der Waals surface area contributed by atoms with Crippen molar-refractivity contribution in [2.75, 3.05) is 0 Å². The first-order chi connectivity index (χ1) is 9.74. The average molecular weight is 296 g/mol. The van der Waals surface area contributed by atoms with Gasteiger partial charge in [0.15, 0.2) is 0 Å². The summed E-state index contributed by atoms with van der Waals surface area (Å²) in [6.45, 7) is 10.3. The van der Waals surface area contributed by atoms with Gasteiger partial charge in [-0.1, -0.05) is 13.8 Å². The van der Waals surface area contributed by atoms with Crippen LogP contribution in [-0.2, 0) is 4.74 Å². The number of ether oxygens (including phenoxy) is 1. The molecule has 0 aromatic rings. The molecule has 122 valence electrons. The number of rotatable bonds is 4. The van der Waals surface area contributed by atoms with E-state index in [1.807, 2.05) is 20.8 Å². The van der Waals surface area contributed by atoms with Gasteiger partial charge in [0.1, 0.15) is 5.60 Å². The minimum Gasteiger partial charge on any atom is -0.444 e. The van der Waals surface area contributed by atoms with E-state index in [2.05, 4.69) is 24.5 Å². The highest BCUT2D eigenvalue weighted by Gasteiger charge is 2.36. The van der Waals surface area contributed by atoms with Crippen LogP contribution in [-0.4, -0.2) is 29.8 Å². The zero-order valence-electron chi connectivity index (χ0n) is 14.2. The molecule has 2 saturated carbocycles. The Bertz CT molecular complexity index is 356. The van der Waals surface area contributed by atoms with E-state index in [1.165, 1.54) is 19.3 Å². The SMILES string of the molecule is CC(C)C1CC(NC2CCCC2NC(=O)OC(C)(C)C)C1. The Morgan fingerprint density at radius 3 is 2.33 bits per heavy atom. The molecule has 2 N–H and O–H groups in total. The van der Waals surface area contributed by atoms with E-state index in [9.17, 15) is 4.79 Å². The summed E-state index contributed by atoms with van der Waals surface area (Å²) in [7, 11) is 0. The van der Waals surface area contributed by atoms with Crippen molar-refractivity contribution in [1.29, 1.82) is 0 Å². The topological polar surface area (TPSA) is 50.4 Å².